The largest absolute Gasteiger partial charge is 0.481 e. The molecule has 0 radical (unpaired) electrons. The van der Waals surface area contributed by atoms with Crippen LogP contribution in [0.15, 0.2) is 12.5 Å². The van der Waals surface area contributed by atoms with Gasteiger partial charge in [0.2, 0.25) is 0 Å². The van der Waals surface area contributed by atoms with Crippen LogP contribution < -0.4 is 4.90 Å². The molecule has 7 heteroatoms. The number of aliphatic carboxylic acids is 1. The monoisotopic (exact) mass is 303 g/mol. The van der Waals surface area contributed by atoms with Crippen LogP contribution in [0.25, 0.3) is 11.0 Å². The molecule has 0 aliphatic carbocycles. The number of carbonyl (C=O) groups is 1. The first-order valence-electron chi connectivity index (χ1n) is 7.55. The lowest BCUT2D eigenvalue weighted by Crippen LogP contribution is -2.39. The summed E-state index contributed by atoms with van der Waals surface area (Å²) in [6.45, 7) is 7.52. The molecule has 1 saturated heterocycles. The highest BCUT2D eigenvalue weighted by Crippen LogP contribution is 2.29. The summed E-state index contributed by atoms with van der Waals surface area (Å²) >= 11 is 0. The van der Waals surface area contributed by atoms with Crippen LogP contribution in [0.1, 0.15) is 33.6 Å². The number of anilines is 1. The van der Waals surface area contributed by atoms with Gasteiger partial charge in [0, 0.05) is 13.1 Å². The van der Waals surface area contributed by atoms with Crippen molar-refractivity contribution in [2.45, 2.75) is 39.2 Å². The number of carboxylic acids is 1. The van der Waals surface area contributed by atoms with Gasteiger partial charge < -0.3 is 10.0 Å². The third-order valence-electron chi connectivity index (χ3n) is 4.05. The van der Waals surface area contributed by atoms with Crippen molar-refractivity contribution in [3.8, 4) is 0 Å². The summed E-state index contributed by atoms with van der Waals surface area (Å²) in [5, 5.41) is 14.6. The molecule has 3 heterocycles. The van der Waals surface area contributed by atoms with Crippen LogP contribution in [0.5, 0.6) is 0 Å². The normalized spacial score (nSPS) is 19.6. The van der Waals surface area contributed by atoms with Crippen molar-refractivity contribution in [2.75, 3.05) is 18.0 Å². The molecule has 0 amide bonds. The molecule has 1 fully saturated rings. The first kappa shape index (κ1) is 14.7. The average molecular weight is 303 g/mol. The summed E-state index contributed by atoms with van der Waals surface area (Å²) in [5.74, 6) is -0.289. The third kappa shape index (κ3) is 2.51. The summed E-state index contributed by atoms with van der Waals surface area (Å²) in [5.41, 5.74) is 0.619. The Morgan fingerprint density at radius 3 is 2.82 bits per heavy atom. The predicted molar refractivity (Wildman–Crippen MR) is 82.9 cm³/mol. The van der Waals surface area contributed by atoms with Crippen molar-refractivity contribution in [2.24, 2.45) is 5.92 Å². The number of rotatable bonds is 2. The van der Waals surface area contributed by atoms with Crippen LogP contribution in [0.2, 0.25) is 0 Å². The molecule has 2 aromatic rings. The van der Waals surface area contributed by atoms with Gasteiger partial charge in [-0.3, -0.25) is 4.79 Å². The van der Waals surface area contributed by atoms with Gasteiger partial charge >= 0.3 is 5.97 Å². The molecule has 1 unspecified atom stereocenters. The summed E-state index contributed by atoms with van der Waals surface area (Å²) in [6, 6.07) is 0. The predicted octanol–water partition coefficient (Wildman–Crippen LogP) is 1.88. The highest BCUT2D eigenvalue weighted by atomic mass is 16.4. The molecule has 1 aliphatic rings. The summed E-state index contributed by atoms with van der Waals surface area (Å²) in [7, 11) is 0. The van der Waals surface area contributed by atoms with Gasteiger partial charge in [-0.15, -0.1) is 0 Å². The Balaban J connectivity index is 2.01. The van der Waals surface area contributed by atoms with E-state index in [0.717, 1.165) is 36.2 Å². The van der Waals surface area contributed by atoms with Crippen LogP contribution >= 0.6 is 0 Å². The fourth-order valence-corrected chi connectivity index (χ4v) is 2.95. The fraction of sp³-hybridized carbons (Fsp3) is 0.600. The van der Waals surface area contributed by atoms with E-state index in [1.165, 1.54) is 6.33 Å². The molecule has 118 valence electrons. The van der Waals surface area contributed by atoms with Gasteiger partial charge in [-0.1, -0.05) is 0 Å². The Morgan fingerprint density at radius 2 is 2.14 bits per heavy atom. The molecule has 1 N–H and O–H groups in total. The van der Waals surface area contributed by atoms with Crippen molar-refractivity contribution < 1.29 is 9.90 Å². The van der Waals surface area contributed by atoms with Crippen LogP contribution in [-0.4, -0.2) is 43.9 Å². The van der Waals surface area contributed by atoms with Gasteiger partial charge in [0.1, 0.15) is 12.1 Å². The molecular formula is C15H21N5O2. The topological polar surface area (TPSA) is 84.1 Å². The lowest BCUT2D eigenvalue weighted by Gasteiger charge is -2.31. The molecule has 1 aliphatic heterocycles. The van der Waals surface area contributed by atoms with E-state index in [9.17, 15) is 9.90 Å². The maximum Gasteiger partial charge on any atom is 0.308 e. The smallest absolute Gasteiger partial charge is 0.308 e. The first-order chi connectivity index (χ1) is 10.4. The lowest BCUT2D eigenvalue weighted by molar-refractivity contribution is -0.141. The Kier molecular flexibility index (Phi) is 3.50. The zero-order valence-electron chi connectivity index (χ0n) is 13.2. The van der Waals surface area contributed by atoms with Crippen LogP contribution in [0, 0.1) is 5.92 Å². The van der Waals surface area contributed by atoms with Crippen LogP contribution in [0.3, 0.4) is 0 Å². The van der Waals surface area contributed by atoms with Crippen molar-refractivity contribution >= 4 is 22.8 Å². The number of piperidine rings is 1. The zero-order valence-corrected chi connectivity index (χ0v) is 13.2. The van der Waals surface area contributed by atoms with E-state index in [4.69, 9.17) is 0 Å². The van der Waals surface area contributed by atoms with Gasteiger partial charge in [0.25, 0.3) is 0 Å². The van der Waals surface area contributed by atoms with Crippen LogP contribution in [-0.2, 0) is 10.3 Å². The number of fused-ring (bicyclic) bond motifs is 1. The highest BCUT2D eigenvalue weighted by molar-refractivity contribution is 5.87. The summed E-state index contributed by atoms with van der Waals surface area (Å²) < 4.78 is 1.88. The summed E-state index contributed by atoms with van der Waals surface area (Å²) in [4.78, 5) is 22.0. The quantitative estimate of drug-likeness (QED) is 0.912. The Hall–Kier alpha value is -2.18. The van der Waals surface area contributed by atoms with Crippen molar-refractivity contribution in [1.82, 2.24) is 19.7 Å². The summed E-state index contributed by atoms with van der Waals surface area (Å²) in [6.07, 6.45) is 4.89. The molecule has 0 saturated carbocycles. The van der Waals surface area contributed by atoms with Gasteiger partial charge in [0.05, 0.1) is 23.0 Å². The SMILES string of the molecule is CC(C)(C)n1ncc2c(N3CCCC(C(=O)O)C3)ncnc21. The number of hydrogen-bond donors (Lipinski definition) is 1. The molecule has 22 heavy (non-hydrogen) atoms. The second-order valence-corrected chi connectivity index (χ2v) is 6.79. The molecule has 2 aromatic heterocycles. The minimum Gasteiger partial charge on any atom is -0.481 e. The van der Waals surface area contributed by atoms with Crippen molar-refractivity contribution in [3.05, 3.63) is 12.5 Å². The molecule has 1 atom stereocenters. The first-order valence-corrected chi connectivity index (χ1v) is 7.55. The van der Waals surface area contributed by atoms with E-state index in [2.05, 4.69) is 35.8 Å². The zero-order chi connectivity index (χ0) is 15.9. The average Bonchev–Trinajstić information content (AvgIpc) is 2.91. The minimum absolute atomic E-state index is 0.168. The van der Waals surface area contributed by atoms with E-state index in [1.807, 2.05) is 9.58 Å². The number of aromatic nitrogens is 4. The van der Waals surface area contributed by atoms with E-state index in [-0.39, 0.29) is 11.5 Å². The number of nitrogens with zero attached hydrogens (tertiary/aromatic N) is 5. The third-order valence-corrected chi connectivity index (χ3v) is 4.05. The van der Waals surface area contributed by atoms with E-state index < -0.39 is 5.97 Å². The fourth-order valence-electron chi connectivity index (χ4n) is 2.95. The van der Waals surface area contributed by atoms with E-state index in [0.29, 0.717) is 6.54 Å². The molecule has 0 aromatic carbocycles. The molecular weight excluding hydrogens is 282 g/mol. The Bertz CT molecular complexity index is 704. The van der Waals surface area contributed by atoms with Crippen molar-refractivity contribution in [1.29, 1.82) is 0 Å². The maximum absolute atomic E-state index is 11.3. The maximum atomic E-state index is 11.3. The lowest BCUT2D eigenvalue weighted by atomic mass is 9.98. The van der Waals surface area contributed by atoms with Crippen LogP contribution in [0.4, 0.5) is 5.82 Å². The number of hydrogen-bond acceptors (Lipinski definition) is 5. The Morgan fingerprint density at radius 1 is 1.36 bits per heavy atom. The highest BCUT2D eigenvalue weighted by Gasteiger charge is 2.28. The Labute approximate surface area is 129 Å². The number of carboxylic acid groups (broad SMARTS) is 1. The second-order valence-electron chi connectivity index (χ2n) is 6.79. The van der Waals surface area contributed by atoms with Crippen molar-refractivity contribution in [3.63, 3.8) is 0 Å². The molecule has 7 nitrogen and oxygen atoms in total. The second kappa shape index (κ2) is 5.23. The molecule has 0 spiro atoms. The molecule has 3 rings (SSSR count). The van der Waals surface area contributed by atoms with E-state index >= 15 is 0 Å². The molecule has 0 bridgehead atoms. The van der Waals surface area contributed by atoms with Gasteiger partial charge in [0.15, 0.2) is 5.65 Å². The minimum atomic E-state index is -0.736. The van der Waals surface area contributed by atoms with Gasteiger partial charge in [-0.2, -0.15) is 5.10 Å². The van der Waals surface area contributed by atoms with Gasteiger partial charge in [-0.05, 0) is 33.6 Å². The van der Waals surface area contributed by atoms with E-state index in [1.54, 1.807) is 6.20 Å². The standard InChI is InChI=1S/C15H21N5O2/c1-15(2,3)20-13-11(7-18-20)12(16-9-17-13)19-6-4-5-10(8-19)14(21)22/h7,9-10H,4-6,8H2,1-3H3,(H,21,22). The van der Waals surface area contributed by atoms with Gasteiger partial charge in [-0.25, -0.2) is 14.6 Å².